The summed E-state index contributed by atoms with van der Waals surface area (Å²) >= 11 is 0. The number of anilines is 1. The normalized spacial score (nSPS) is 22.0. The summed E-state index contributed by atoms with van der Waals surface area (Å²) < 4.78 is 35.2. The molecule has 1 fully saturated rings. The van der Waals surface area contributed by atoms with Crippen molar-refractivity contribution >= 4 is 21.6 Å². The molecule has 2 aliphatic heterocycles. The van der Waals surface area contributed by atoms with Crippen LogP contribution in [0.1, 0.15) is 17.8 Å². The highest BCUT2D eigenvalue weighted by Crippen LogP contribution is 2.38. The highest BCUT2D eigenvalue weighted by Gasteiger charge is 2.49. The molecule has 0 aliphatic carbocycles. The number of aromatic nitrogens is 4. The van der Waals surface area contributed by atoms with Gasteiger partial charge in [0.1, 0.15) is 0 Å². The summed E-state index contributed by atoms with van der Waals surface area (Å²) in [6, 6.07) is 4.89. The lowest BCUT2D eigenvalue weighted by molar-refractivity contribution is -0.117. The first-order chi connectivity index (χ1) is 14.7. The molecule has 0 bridgehead atoms. The second-order valence-corrected chi connectivity index (χ2v) is 10.1. The quantitative estimate of drug-likeness (QED) is 0.566. The Morgan fingerprint density at radius 3 is 2.77 bits per heavy atom. The van der Waals surface area contributed by atoms with E-state index in [0.29, 0.717) is 31.9 Å². The predicted molar refractivity (Wildman–Crippen MR) is 112 cm³/mol. The van der Waals surface area contributed by atoms with Crippen LogP contribution in [0.15, 0.2) is 23.1 Å². The fourth-order valence-corrected chi connectivity index (χ4v) is 5.88. The van der Waals surface area contributed by atoms with Gasteiger partial charge in [0.2, 0.25) is 15.9 Å². The van der Waals surface area contributed by atoms with Crippen molar-refractivity contribution in [2.45, 2.75) is 29.8 Å². The fraction of sp³-hybridized carbons (Fsp3) is 0.579. The maximum absolute atomic E-state index is 13.5. The van der Waals surface area contributed by atoms with Crippen LogP contribution < -0.4 is 4.90 Å². The molecule has 31 heavy (non-hydrogen) atoms. The fourth-order valence-electron chi connectivity index (χ4n) is 4.33. The van der Waals surface area contributed by atoms with E-state index in [9.17, 15) is 13.2 Å². The lowest BCUT2D eigenvalue weighted by atomic mass is 9.96. The van der Waals surface area contributed by atoms with E-state index < -0.39 is 15.6 Å². The van der Waals surface area contributed by atoms with Crippen molar-refractivity contribution in [1.82, 2.24) is 29.4 Å². The minimum Gasteiger partial charge on any atom is -0.383 e. The van der Waals surface area contributed by atoms with Crippen molar-refractivity contribution in [2.75, 3.05) is 52.8 Å². The number of hydrogen-bond acceptors (Lipinski definition) is 8. The van der Waals surface area contributed by atoms with Crippen LogP contribution in [0.5, 0.6) is 0 Å². The Bertz CT molecular complexity index is 1100. The zero-order valence-corrected chi connectivity index (χ0v) is 19.0. The lowest BCUT2D eigenvalue weighted by Gasteiger charge is -2.34. The Kier molecular flexibility index (Phi) is 5.58. The van der Waals surface area contributed by atoms with Crippen molar-refractivity contribution in [3.05, 3.63) is 29.6 Å². The molecule has 2 aromatic rings. The van der Waals surface area contributed by atoms with Gasteiger partial charge in [-0.2, -0.15) is 4.31 Å². The molecule has 0 saturated carbocycles. The van der Waals surface area contributed by atoms with Crippen molar-refractivity contribution in [3.63, 3.8) is 0 Å². The number of carbonyl (C=O) groups excluding carboxylic acids is 1. The van der Waals surface area contributed by atoms with E-state index in [-0.39, 0.29) is 23.8 Å². The van der Waals surface area contributed by atoms with Gasteiger partial charge in [-0.25, -0.2) is 13.1 Å². The summed E-state index contributed by atoms with van der Waals surface area (Å²) in [5, 5.41) is 12.1. The molecule has 168 valence electrons. The van der Waals surface area contributed by atoms with Gasteiger partial charge in [0.15, 0.2) is 5.82 Å². The van der Waals surface area contributed by atoms with Gasteiger partial charge in [0.05, 0.1) is 30.0 Å². The maximum atomic E-state index is 13.5. The number of ether oxygens (including phenoxy) is 1. The number of fused-ring (bicyclic) bond motifs is 1. The average Bonchev–Trinajstić information content (AvgIpc) is 3.45. The number of sulfonamides is 1. The van der Waals surface area contributed by atoms with E-state index in [2.05, 4.69) is 15.5 Å². The first kappa shape index (κ1) is 21.8. The van der Waals surface area contributed by atoms with Gasteiger partial charge in [-0.05, 0) is 54.7 Å². The minimum absolute atomic E-state index is 0.0414. The van der Waals surface area contributed by atoms with Gasteiger partial charge in [-0.3, -0.25) is 9.69 Å². The molecule has 1 amide bonds. The van der Waals surface area contributed by atoms with Gasteiger partial charge in [-0.1, -0.05) is 0 Å². The monoisotopic (exact) mass is 449 g/mol. The van der Waals surface area contributed by atoms with Gasteiger partial charge in [0, 0.05) is 32.9 Å². The smallest absolute Gasteiger partial charge is 0.243 e. The SMILES string of the molecule is COCCn1nnnc1C1(N(C)C)CCN(S(=O)(=O)c2ccc3c(c2)CC(=O)N3C)C1. The Balaban J connectivity index is 1.64. The highest BCUT2D eigenvalue weighted by atomic mass is 32.2. The van der Waals surface area contributed by atoms with Crippen molar-refractivity contribution in [2.24, 2.45) is 0 Å². The second-order valence-electron chi connectivity index (χ2n) is 8.15. The number of tetrazole rings is 1. The molecule has 1 unspecified atom stereocenters. The molecule has 2 aliphatic rings. The average molecular weight is 450 g/mol. The number of carbonyl (C=O) groups is 1. The molecule has 1 saturated heterocycles. The van der Waals surface area contributed by atoms with Crippen LogP contribution >= 0.6 is 0 Å². The Morgan fingerprint density at radius 2 is 2.06 bits per heavy atom. The van der Waals surface area contributed by atoms with Gasteiger partial charge >= 0.3 is 0 Å². The Hall–Kier alpha value is -2.41. The van der Waals surface area contributed by atoms with Crippen LogP contribution in [0.25, 0.3) is 0 Å². The maximum Gasteiger partial charge on any atom is 0.243 e. The first-order valence-electron chi connectivity index (χ1n) is 10.0. The topological polar surface area (TPSA) is 114 Å². The predicted octanol–water partition coefficient (Wildman–Crippen LogP) is -0.310. The number of likely N-dealkylation sites (N-methyl/N-ethyl adjacent to an activating group) is 2. The molecule has 1 aromatic heterocycles. The van der Waals surface area contributed by atoms with Gasteiger partial charge in [0.25, 0.3) is 0 Å². The van der Waals surface area contributed by atoms with Crippen LogP contribution in [-0.2, 0) is 38.1 Å². The molecular formula is C19H27N7O4S. The van der Waals surface area contributed by atoms with Crippen molar-refractivity contribution in [3.8, 4) is 0 Å². The summed E-state index contributed by atoms with van der Waals surface area (Å²) in [5.41, 5.74) is 0.831. The lowest BCUT2D eigenvalue weighted by Crippen LogP contribution is -2.47. The molecule has 4 rings (SSSR count). The molecule has 0 spiro atoms. The van der Waals surface area contributed by atoms with E-state index >= 15 is 0 Å². The number of hydrogen-bond donors (Lipinski definition) is 0. The molecule has 0 radical (unpaired) electrons. The summed E-state index contributed by atoms with van der Waals surface area (Å²) in [6.07, 6.45) is 0.768. The molecule has 3 heterocycles. The van der Waals surface area contributed by atoms with E-state index in [1.807, 2.05) is 19.0 Å². The molecular weight excluding hydrogens is 422 g/mol. The van der Waals surface area contributed by atoms with Crippen LogP contribution in [-0.4, -0.2) is 91.7 Å². The van der Waals surface area contributed by atoms with Crippen LogP contribution in [0.4, 0.5) is 5.69 Å². The van der Waals surface area contributed by atoms with Crippen molar-refractivity contribution < 1.29 is 17.9 Å². The van der Waals surface area contributed by atoms with Crippen LogP contribution in [0.3, 0.4) is 0 Å². The molecule has 1 atom stereocenters. The molecule has 11 nitrogen and oxygen atoms in total. The molecule has 12 heteroatoms. The summed E-state index contributed by atoms with van der Waals surface area (Å²) in [5.74, 6) is 0.577. The highest BCUT2D eigenvalue weighted by molar-refractivity contribution is 7.89. The summed E-state index contributed by atoms with van der Waals surface area (Å²) in [6.45, 7) is 1.50. The number of amides is 1. The van der Waals surface area contributed by atoms with E-state index in [1.54, 1.807) is 41.9 Å². The van der Waals surface area contributed by atoms with Crippen LogP contribution in [0, 0.1) is 0 Å². The Labute approximate surface area is 181 Å². The van der Waals surface area contributed by atoms with Gasteiger partial charge in [-0.15, -0.1) is 5.10 Å². The molecule has 1 aromatic carbocycles. The summed E-state index contributed by atoms with van der Waals surface area (Å²) in [7, 11) is 3.37. The Morgan fingerprint density at radius 1 is 1.29 bits per heavy atom. The third kappa shape index (κ3) is 3.53. The van der Waals surface area contributed by atoms with E-state index in [0.717, 1.165) is 11.3 Å². The first-order valence-corrected chi connectivity index (χ1v) is 11.5. The second kappa shape index (κ2) is 7.93. The molecule has 0 N–H and O–H groups in total. The third-order valence-corrected chi connectivity index (χ3v) is 8.13. The number of methoxy groups -OCH3 is 1. The third-order valence-electron chi connectivity index (χ3n) is 6.29. The van der Waals surface area contributed by atoms with E-state index in [4.69, 9.17) is 4.74 Å². The zero-order valence-electron chi connectivity index (χ0n) is 18.1. The van der Waals surface area contributed by atoms with Gasteiger partial charge < -0.3 is 9.64 Å². The number of rotatable bonds is 7. The van der Waals surface area contributed by atoms with Crippen LogP contribution in [0.2, 0.25) is 0 Å². The van der Waals surface area contributed by atoms with Crippen molar-refractivity contribution in [1.29, 1.82) is 0 Å². The van der Waals surface area contributed by atoms with E-state index in [1.165, 1.54) is 4.31 Å². The number of nitrogens with zero attached hydrogens (tertiary/aromatic N) is 7. The summed E-state index contributed by atoms with van der Waals surface area (Å²) in [4.78, 5) is 15.7. The standard InChI is InChI=1S/C19H27N7O4S/c1-23(2)19(18-20-21-22-26(18)9-10-30-4)7-8-25(13-19)31(28,29)15-5-6-16-14(11-15)12-17(27)24(16)3/h5-6,11H,7-10,12-13H2,1-4H3. The minimum atomic E-state index is -3.75. The zero-order chi connectivity index (χ0) is 22.4. The number of benzene rings is 1. The largest absolute Gasteiger partial charge is 0.383 e.